The number of hydrogen-bond donors (Lipinski definition) is 0. The van der Waals surface area contributed by atoms with Gasteiger partial charge in [0.2, 0.25) is 0 Å². The molecule has 0 unspecified atom stereocenters. The van der Waals surface area contributed by atoms with Crippen LogP contribution < -0.4 is 0 Å². The van der Waals surface area contributed by atoms with E-state index in [2.05, 4.69) is 4.98 Å². The van der Waals surface area contributed by atoms with E-state index in [0.717, 1.165) is 10.4 Å². The lowest BCUT2D eigenvalue weighted by molar-refractivity contribution is 1.42. The summed E-state index contributed by atoms with van der Waals surface area (Å²) in [6, 6.07) is 5.46. The van der Waals surface area contributed by atoms with Crippen molar-refractivity contribution in [3.63, 3.8) is 0 Å². The molecule has 0 bridgehead atoms. The maximum Gasteiger partial charge on any atom is 0.0797 e. The molecule has 66 valence electrons. The summed E-state index contributed by atoms with van der Waals surface area (Å²) < 4.78 is 0. The van der Waals surface area contributed by atoms with Crippen LogP contribution in [0, 0.1) is 0 Å². The molecule has 0 saturated heterocycles. The van der Waals surface area contributed by atoms with Crippen molar-refractivity contribution in [2.45, 2.75) is 0 Å². The number of hydrogen-bond acceptors (Lipinski definition) is 2. The van der Waals surface area contributed by atoms with E-state index in [4.69, 9.17) is 23.2 Å². The lowest BCUT2D eigenvalue weighted by Crippen LogP contribution is -1.74. The van der Waals surface area contributed by atoms with Gasteiger partial charge in [-0.25, -0.2) is 0 Å². The summed E-state index contributed by atoms with van der Waals surface area (Å²) in [5.41, 5.74) is 2.76. The van der Waals surface area contributed by atoms with Gasteiger partial charge in [-0.3, -0.25) is 4.98 Å². The third-order valence-corrected chi connectivity index (χ3v) is 2.98. The van der Waals surface area contributed by atoms with E-state index >= 15 is 0 Å². The Labute approximate surface area is 90.0 Å². The first-order valence-corrected chi connectivity index (χ1v) is 5.25. The first kappa shape index (κ1) is 9.00. The maximum atomic E-state index is 6.02. The van der Waals surface area contributed by atoms with Crippen LogP contribution in [0.3, 0.4) is 0 Å². The van der Waals surface area contributed by atoms with E-state index in [-0.39, 0.29) is 0 Å². The second-order valence-corrected chi connectivity index (χ2v) is 4.22. The third kappa shape index (κ3) is 1.85. The summed E-state index contributed by atoms with van der Waals surface area (Å²) in [6.45, 7) is 0. The van der Waals surface area contributed by atoms with E-state index < -0.39 is 0 Å². The lowest BCUT2D eigenvalue weighted by Gasteiger charge is -2.00. The summed E-state index contributed by atoms with van der Waals surface area (Å²) in [5, 5.41) is 1.31. The molecule has 0 radical (unpaired) electrons. The Kier molecular flexibility index (Phi) is 2.54. The molecule has 1 aromatic heterocycles. The Bertz CT molecular complexity index is 412. The molecule has 0 aliphatic carbocycles. The number of halogens is 2. The fraction of sp³-hybridized carbons (Fsp3) is 0. The van der Waals surface area contributed by atoms with Gasteiger partial charge in [-0.2, -0.15) is 0 Å². The van der Waals surface area contributed by atoms with Crippen molar-refractivity contribution in [1.29, 1.82) is 0 Å². The lowest BCUT2D eigenvalue weighted by atomic mass is 10.2. The fourth-order valence-electron chi connectivity index (χ4n) is 1.04. The SMILES string of the molecule is Clc1ccc(-c2cncs2)c(Cl)c1. The van der Waals surface area contributed by atoms with E-state index in [9.17, 15) is 0 Å². The van der Waals surface area contributed by atoms with Crippen LogP contribution in [0.5, 0.6) is 0 Å². The zero-order chi connectivity index (χ0) is 9.26. The highest BCUT2D eigenvalue weighted by Gasteiger charge is 2.04. The molecular formula is C9H5Cl2NS. The molecule has 1 heterocycles. The molecule has 0 saturated carbocycles. The third-order valence-electron chi connectivity index (χ3n) is 1.63. The topological polar surface area (TPSA) is 12.9 Å². The van der Waals surface area contributed by atoms with Crippen molar-refractivity contribution in [1.82, 2.24) is 4.98 Å². The molecular weight excluding hydrogens is 225 g/mol. The van der Waals surface area contributed by atoms with Gasteiger partial charge in [0.15, 0.2) is 0 Å². The summed E-state index contributed by atoms with van der Waals surface area (Å²) in [7, 11) is 0. The highest BCUT2D eigenvalue weighted by molar-refractivity contribution is 7.13. The van der Waals surface area contributed by atoms with E-state index in [1.54, 1.807) is 29.1 Å². The van der Waals surface area contributed by atoms with Crippen LogP contribution in [0.1, 0.15) is 0 Å². The van der Waals surface area contributed by atoms with Crippen LogP contribution in [0.2, 0.25) is 10.0 Å². The van der Waals surface area contributed by atoms with E-state index in [1.807, 2.05) is 12.1 Å². The standard InChI is InChI=1S/C9H5Cl2NS/c10-6-1-2-7(8(11)3-6)9-4-12-5-13-9/h1-5H. The van der Waals surface area contributed by atoms with Crippen molar-refractivity contribution >= 4 is 34.5 Å². The normalized spacial score (nSPS) is 10.3. The second-order valence-electron chi connectivity index (χ2n) is 2.49. The Morgan fingerprint density at radius 2 is 2.08 bits per heavy atom. The Hall–Kier alpha value is -0.570. The summed E-state index contributed by atoms with van der Waals surface area (Å²) >= 11 is 13.4. The van der Waals surface area contributed by atoms with Crippen molar-refractivity contribution in [2.75, 3.05) is 0 Å². The van der Waals surface area contributed by atoms with Gasteiger partial charge in [0.25, 0.3) is 0 Å². The molecule has 4 heteroatoms. The molecule has 0 aliphatic heterocycles. The summed E-state index contributed by atoms with van der Waals surface area (Å²) in [4.78, 5) is 5.05. The monoisotopic (exact) mass is 229 g/mol. The fourth-order valence-corrected chi connectivity index (χ4v) is 2.27. The Morgan fingerprint density at radius 1 is 1.23 bits per heavy atom. The van der Waals surface area contributed by atoms with Gasteiger partial charge in [-0.1, -0.05) is 29.3 Å². The molecule has 0 N–H and O–H groups in total. The van der Waals surface area contributed by atoms with Crippen LogP contribution >= 0.6 is 34.5 Å². The molecule has 0 atom stereocenters. The van der Waals surface area contributed by atoms with Crippen LogP contribution in [-0.4, -0.2) is 4.98 Å². The van der Waals surface area contributed by atoms with Crippen LogP contribution in [0.15, 0.2) is 29.9 Å². The maximum absolute atomic E-state index is 6.02. The molecule has 13 heavy (non-hydrogen) atoms. The van der Waals surface area contributed by atoms with E-state index in [1.165, 1.54) is 0 Å². The quantitative estimate of drug-likeness (QED) is 0.718. The van der Waals surface area contributed by atoms with Gasteiger partial charge in [0.05, 0.1) is 15.4 Å². The average Bonchev–Trinajstić information content (AvgIpc) is 2.56. The van der Waals surface area contributed by atoms with Crippen molar-refractivity contribution in [2.24, 2.45) is 0 Å². The van der Waals surface area contributed by atoms with Gasteiger partial charge in [-0.05, 0) is 12.1 Å². The number of rotatable bonds is 1. The van der Waals surface area contributed by atoms with E-state index in [0.29, 0.717) is 10.0 Å². The molecule has 0 spiro atoms. The molecule has 0 amide bonds. The van der Waals surface area contributed by atoms with Gasteiger partial charge >= 0.3 is 0 Å². The Morgan fingerprint density at radius 3 is 2.69 bits per heavy atom. The predicted molar refractivity (Wildman–Crippen MR) is 57.6 cm³/mol. The number of thiazole rings is 1. The Balaban J connectivity index is 2.53. The number of aromatic nitrogens is 1. The number of nitrogens with zero attached hydrogens (tertiary/aromatic N) is 1. The molecule has 2 aromatic rings. The highest BCUT2D eigenvalue weighted by atomic mass is 35.5. The molecule has 0 aliphatic rings. The van der Waals surface area contributed by atoms with Gasteiger partial charge in [-0.15, -0.1) is 11.3 Å². The molecule has 2 rings (SSSR count). The van der Waals surface area contributed by atoms with Crippen LogP contribution in [0.4, 0.5) is 0 Å². The van der Waals surface area contributed by atoms with Crippen LogP contribution in [-0.2, 0) is 0 Å². The van der Waals surface area contributed by atoms with Gasteiger partial charge in [0.1, 0.15) is 0 Å². The number of benzene rings is 1. The predicted octanol–water partition coefficient (Wildman–Crippen LogP) is 4.12. The van der Waals surface area contributed by atoms with Crippen LogP contribution in [0.25, 0.3) is 10.4 Å². The minimum atomic E-state index is 0.651. The molecule has 0 fully saturated rings. The zero-order valence-corrected chi connectivity index (χ0v) is 8.83. The summed E-state index contributed by atoms with van der Waals surface area (Å²) in [5.74, 6) is 0. The zero-order valence-electron chi connectivity index (χ0n) is 6.50. The molecule has 1 aromatic carbocycles. The van der Waals surface area contributed by atoms with Crippen molar-refractivity contribution in [3.05, 3.63) is 40.0 Å². The molecule has 1 nitrogen and oxygen atoms in total. The van der Waals surface area contributed by atoms with Gasteiger partial charge in [0, 0.05) is 16.8 Å². The van der Waals surface area contributed by atoms with Crippen molar-refractivity contribution < 1.29 is 0 Å². The second kappa shape index (κ2) is 3.66. The highest BCUT2D eigenvalue weighted by Crippen LogP contribution is 2.32. The minimum Gasteiger partial charge on any atom is -0.252 e. The van der Waals surface area contributed by atoms with Crippen molar-refractivity contribution in [3.8, 4) is 10.4 Å². The largest absolute Gasteiger partial charge is 0.252 e. The smallest absolute Gasteiger partial charge is 0.0797 e. The van der Waals surface area contributed by atoms with Gasteiger partial charge < -0.3 is 0 Å². The minimum absolute atomic E-state index is 0.651. The first-order valence-electron chi connectivity index (χ1n) is 3.61. The average molecular weight is 230 g/mol. The summed E-state index contributed by atoms with van der Waals surface area (Å²) in [6.07, 6.45) is 1.79. The first-order chi connectivity index (χ1) is 6.27.